The minimum Gasteiger partial charge on any atom is -0.507 e. The van der Waals surface area contributed by atoms with E-state index < -0.39 is 23.1 Å². The van der Waals surface area contributed by atoms with Gasteiger partial charge >= 0.3 is 0 Å². The lowest BCUT2D eigenvalue weighted by Crippen LogP contribution is -2.21. The van der Waals surface area contributed by atoms with E-state index >= 15 is 0 Å². The van der Waals surface area contributed by atoms with Crippen LogP contribution in [0.15, 0.2) is 24.3 Å². The van der Waals surface area contributed by atoms with Crippen LogP contribution in [0.4, 0.5) is 0 Å². The largest absolute Gasteiger partial charge is 0.507 e. The first kappa shape index (κ1) is 12.2. The summed E-state index contributed by atoms with van der Waals surface area (Å²) in [6, 6.07) is 5.56. The van der Waals surface area contributed by atoms with Crippen LogP contribution in [0.2, 0.25) is 0 Å². The maximum Gasteiger partial charge on any atom is 0.202 e. The van der Waals surface area contributed by atoms with E-state index in [0.717, 1.165) is 0 Å². The fourth-order valence-corrected chi connectivity index (χ4v) is 2.44. The van der Waals surface area contributed by atoms with Gasteiger partial charge in [-0.05, 0) is 24.6 Å². The number of fused-ring (bicyclic) bond motifs is 2. The van der Waals surface area contributed by atoms with E-state index in [0.29, 0.717) is 5.56 Å². The van der Waals surface area contributed by atoms with Gasteiger partial charge in [0.15, 0.2) is 17.3 Å². The summed E-state index contributed by atoms with van der Waals surface area (Å²) in [6.07, 6.45) is 0. The fraction of sp³-hybridized carbons (Fsp3) is 0.0667. The average molecular weight is 270 g/mol. The summed E-state index contributed by atoms with van der Waals surface area (Å²) in [7, 11) is 0. The summed E-state index contributed by atoms with van der Waals surface area (Å²) in [5, 5.41) is 29.4. The van der Waals surface area contributed by atoms with Crippen LogP contribution in [0, 0.1) is 6.92 Å². The fourth-order valence-electron chi connectivity index (χ4n) is 2.44. The van der Waals surface area contributed by atoms with Gasteiger partial charge in [-0.3, -0.25) is 9.59 Å². The number of aryl methyl sites for hydroxylation is 1. The van der Waals surface area contributed by atoms with E-state index in [1.807, 2.05) is 0 Å². The van der Waals surface area contributed by atoms with Crippen molar-refractivity contribution >= 4 is 11.6 Å². The standard InChI is InChI=1S/C15H10O5/c1-6-5-8-11(15(20)12(6)17)14(19)10-7(13(8)18)3-2-4-9(10)16/h2-5,16-17,20H,1H3. The van der Waals surface area contributed by atoms with Gasteiger partial charge in [0.1, 0.15) is 5.75 Å². The van der Waals surface area contributed by atoms with Crippen molar-refractivity contribution in [1.29, 1.82) is 0 Å². The van der Waals surface area contributed by atoms with Gasteiger partial charge < -0.3 is 15.3 Å². The Bertz CT molecular complexity index is 789. The zero-order valence-corrected chi connectivity index (χ0v) is 10.5. The Kier molecular flexibility index (Phi) is 2.34. The highest BCUT2D eigenvalue weighted by atomic mass is 16.3. The third kappa shape index (κ3) is 1.37. The number of ketones is 2. The summed E-state index contributed by atoms with van der Waals surface area (Å²) >= 11 is 0. The van der Waals surface area contributed by atoms with Crippen LogP contribution in [0.5, 0.6) is 17.2 Å². The second-order valence-electron chi connectivity index (χ2n) is 4.67. The lowest BCUT2D eigenvalue weighted by molar-refractivity contribution is 0.0973. The van der Waals surface area contributed by atoms with Gasteiger partial charge in [-0.25, -0.2) is 0 Å². The summed E-state index contributed by atoms with van der Waals surface area (Å²) < 4.78 is 0. The third-order valence-corrected chi connectivity index (χ3v) is 3.45. The molecular formula is C15H10O5. The highest BCUT2D eigenvalue weighted by Gasteiger charge is 2.35. The summed E-state index contributed by atoms with van der Waals surface area (Å²) in [4.78, 5) is 24.7. The Morgan fingerprint density at radius 3 is 2.25 bits per heavy atom. The van der Waals surface area contributed by atoms with Gasteiger partial charge in [0.05, 0.1) is 11.1 Å². The Labute approximate surface area is 113 Å². The quantitative estimate of drug-likeness (QED) is 0.542. The first-order valence-electron chi connectivity index (χ1n) is 5.90. The molecule has 0 heterocycles. The molecule has 0 saturated heterocycles. The van der Waals surface area contributed by atoms with Crippen LogP contribution in [0.1, 0.15) is 37.4 Å². The van der Waals surface area contributed by atoms with Crippen LogP contribution in [0.3, 0.4) is 0 Å². The molecule has 1 aliphatic carbocycles. The van der Waals surface area contributed by atoms with Crippen LogP contribution < -0.4 is 0 Å². The maximum absolute atomic E-state index is 12.4. The molecule has 0 spiro atoms. The second-order valence-corrected chi connectivity index (χ2v) is 4.67. The predicted molar refractivity (Wildman–Crippen MR) is 69.5 cm³/mol. The minimum atomic E-state index is -0.680. The summed E-state index contributed by atoms with van der Waals surface area (Å²) in [5.41, 5.74) is -0.00505. The number of benzene rings is 2. The average Bonchev–Trinajstić information content (AvgIpc) is 2.41. The molecule has 5 nitrogen and oxygen atoms in total. The lowest BCUT2D eigenvalue weighted by Gasteiger charge is -2.20. The number of hydrogen-bond donors (Lipinski definition) is 3. The van der Waals surface area contributed by atoms with E-state index in [4.69, 9.17) is 0 Å². The summed E-state index contributed by atoms with van der Waals surface area (Å²) in [5.74, 6) is -2.55. The van der Waals surface area contributed by atoms with Crippen LogP contribution in [0.25, 0.3) is 0 Å². The minimum absolute atomic E-state index is 0.0286. The summed E-state index contributed by atoms with van der Waals surface area (Å²) in [6.45, 7) is 1.52. The molecule has 5 heteroatoms. The molecule has 0 aliphatic heterocycles. The number of carbonyl (C=O) groups is 2. The molecule has 20 heavy (non-hydrogen) atoms. The third-order valence-electron chi connectivity index (χ3n) is 3.45. The molecule has 0 unspecified atom stereocenters. The Hall–Kier alpha value is -2.82. The Morgan fingerprint density at radius 1 is 0.850 bits per heavy atom. The van der Waals surface area contributed by atoms with Crippen molar-refractivity contribution in [2.45, 2.75) is 6.92 Å². The van der Waals surface area contributed by atoms with Gasteiger partial charge in [-0.15, -0.1) is 0 Å². The maximum atomic E-state index is 12.4. The molecule has 2 aromatic carbocycles. The van der Waals surface area contributed by atoms with E-state index in [1.165, 1.54) is 31.2 Å². The van der Waals surface area contributed by atoms with E-state index in [-0.39, 0.29) is 28.0 Å². The van der Waals surface area contributed by atoms with Crippen molar-refractivity contribution in [2.24, 2.45) is 0 Å². The van der Waals surface area contributed by atoms with Crippen molar-refractivity contribution in [3.8, 4) is 17.2 Å². The second kappa shape index (κ2) is 3.84. The molecule has 0 saturated carbocycles. The molecular weight excluding hydrogens is 260 g/mol. The molecule has 0 radical (unpaired) electrons. The molecule has 3 N–H and O–H groups in total. The monoisotopic (exact) mass is 270 g/mol. The highest BCUT2D eigenvalue weighted by Crippen LogP contribution is 2.41. The van der Waals surface area contributed by atoms with Gasteiger partial charge in [-0.1, -0.05) is 12.1 Å². The zero-order valence-electron chi connectivity index (χ0n) is 10.5. The van der Waals surface area contributed by atoms with Crippen LogP contribution in [-0.2, 0) is 0 Å². The van der Waals surface area contributed by atoms with E-state index in [2.05, 4.69) is 0 Å². The molecule has 0 amide bonds. The van der Waals surface area contributed by atoms with Crippen LogP contribution in [-0.4, -0.2) is 26.9 Å². The normalized spacial score (nSPS) is 13.1. The van der Waals surface area contributed by atoms with Crippen molar-refractivity contribution < 1.29 is 24.9 Å². The highest BCUT2D eigenvalue weighted by molar-refractivity contribution is 6.30. The van der Waals surface area contributed by atoms with Gasteiger partial charge in [-0.2, -0.15) is 0 Å². The lowest BCUT2D eigenvalue weighted by atomic mass is 9.82. The SMILES string of the molecule is Cc1cc2c(c(O)c1O)C(=O)c1c(O)cccc1C2=O. The Morgan fingerprint density at radius 2 is 1.55 bits per heavy atom. The topological polar surface area (TPSA) is 94.8 Å². The van der Waals surface area contributed by atoms with Crippen molar-refractivity contribution in [3.63, 3.8) is 0 Å². The van der Waals surface area contributed by atoms with Gasteiger partial charge in [0.2, 0.25) is 5.78 Å². The zero-order chi connectivity index (χ0) is 14.6. The molecule has 0 atom stereocenters. The number of phenols is 3. The molecule has 0 fully saturated rings. The van der Waals surface area contributed by atoms with Crippen molar-refractivity contribution in [1.82, 2.24) is 0 Å². The molecule has 2 aromatic rings. The van der Waals surface area contributed by atoms with Crippen LogP contribution >= 0.6 is 0 Å². The number of carbonyl (C=O) groups excluding carboxylic acids is 2. The van der Waals surface area contributed by atoms with E-state index in [9.17, 15) is 24.9 Å². The molecule has 1 aliphatic rings. The first-order chi connectivity index (χ1) is 9.43. The van der Waals surface area contributed by atoms with Crippen molar-refractivity contribution in [2.75, 3.05) is 0 Å². The van der Waals surface area contributed by atoms with E-state index in [1.54, 1.807) is 0 Å². The smallest absolute Gasteiger partial charge is 0.202 e. The van der Waals surface area contributed by atoms with Gasteiger partial charge in [0.25, 0.3) is 0 Å². The van der Waals surface area contributed by atoms with Crippen molar-refractivity contribution in [3.05, 3.63) is 52.1 Å². The molecule has 0 aromatic heterocycles. The number of hydrogen-bond acceptors (Lipinski definition) is 5. The molecule has 3 rings (SSSR count). The molecule has 0 bridgehead atoms. The first-order valence-corrected chi connectivity index (χ1v) is 5.90. The Balaban J connectivity index is 2.42. The number of rotatable bonds is 0. The van der Waals surface area contributed by atoms with Gasteiger partial charge in [0, 0.05) is 11.1 Å². The predicted octanol–water partition coefficient (Wildman–Crippen LogP) is 1.89. The number of aromatic hydroxyl groups is 3. The number of phenolic OH excluding ortho intramolecular Hbond substituents is 3. The molecule has 100 valence electrons.